The maximum Gasteiger partial charge on any atom is 0.0447 e. The Morgan fingerprint density at radius 1 is 1.00 bits per heavy atom. The lowest BCUT2D eigenvalue weighted by Gasteiger charge is -2.24. The average Bonchev–Trinajstić information content (AvgIpc) is 3.40. The summed E-state index contributed by atoms with van der Waals surface area (Å²) in [4.78, 5) is 0. The summed E-state index contributed by atoms with van der Waals surface area (Å²) in [6, 6.07) is 9.31. The van der Waals surface area contributed by atoms with E-state index in [0.29, 0.717) is 12.6 Å². The topological polar surface area (TPSA) is 38.0 Å². The van der Waals surface area contributed by atoms with E-state index in [1.54, 1.807) is 5.56 Å². The largest absolute Gasteiger partial charge is 0.329 e. The van der Waals surface area contributed by atoms with E-state index < -0.39 is 0 Å². The summed E-state index contributed by atoms with van der Waals surface area (Å²) in [7, 11) is 0. The highest BCUT2D eigenvalue weighted by Gasteiger charge is 2.41. The minimum absolute atomic E-state index is 0.349. The molecule has 3 fully saturated rings. The molecule has 3 N–H and O–H groups in total. The van der Waals surface area contributed by atoms with Crippen molar-refractivity contribution in [3.8, 4) is 0 Å². The molecule has 0 spiro atoms. The molecule has 0 aromatic heterocycles. The van der Waals surface area contributed by atoms with Crippen molar-refractivity contribution < 1.29 is 0 Å². The van der Waals surface area contributed by atoms with Crippen LogP contribution in [0.15, 0.2) is 24.3 Å². The fourth-order valence-corrected chi connectivity index (χ4v) is 3.96. The quantitative estimate of drug-likeness (QED) is 0.765. The van der Waals surface area contributed by atoms with Crippen LogP contribution >= 0.6 is 0 Å². The second-order valence-electron chi connectivity index (χ2n) is 7.44. The second-order valence-corrected chi connectivity index (χ2v) is 7.44. The molecule has 2 nitrogen and oxygen atoms in total. The van der Waals surface area contributed by atoms with Crippen LogP contribution in [0.25, 0.3) is 0 Å². The molecule has 0 radical (unpaired) electrons. The van der Waals surface area contributed by atoms with Crippen molar-refractivity contribution in [3.63, 3.8) is 0 Å². The highest BCUT2D eigenvalue weighted by molar-refractivity contribution is 5.35. The molecule has 3 aliphatic rings. The van der Waals surface area contributed by atoms with Gasteiger partial charge in [0.2, 0.25) is 0 Å². The lowest BCUT2D eigenvalue weighted by Crippen LogP contribution is -2.34. The summed E-state index contributed by atoms with van der Waals surface area (Å²) >= 11 is 0. The van der Waals surface area contributed by atoms with Gasteiger partial charge in [0.05, 0.1) is 0 Å². The van der Waals surface area contributed by atoms with Crippen molar-refractivity contribution in [1.82, 2.24) is 5.32 Å². The SMILES string of the molecule is NCC(NCC(C1CC1)C1CC1)c1ccccc1C1CC1. The molecule has 0 heterocycles. The van der Waals surface area contributed by atoms with Crippen LogP contribution < -0.4 is 11.1 Å². The van der Waals surface area contributed by atoms with E-state index in [1.807, 2.05) is 0 Å². The third kappa shape index (κ3) is 3.17. The number of hydrogen-bond donors (Lipinski definition) is 2. The Labute approximate surface area is 128 Å². The van der Waals surface area contributed by atoms with Crippen LogP contribution in [-0.4, -0.2) is 13.1 Å². The van der Waals surface area contributed by atoms with Gasteiger partial charge in [0.15, 0.2) is 0 Å². The Kier molecular flexibility index (Phi) is 3.76. The Balaban J connectivity index is 1.44. The van der Waals surface area contributed by atoms with Crippen molar-refractivity contribution in [2.75, 3.05) is 13.1 Å². The van der Waals surface area contributed by atoms with Gasteiger partial charge in [-0.3, -0.25) is 0 Å². The zero-order valence-corrected chi connectivity index (χ0v) is 12.9. The molecule has 1 aromatic rings. The molecule has 3 aliphatic carbocycles. The summed E-state index contributed by atoms with van der Waals surface area (Å²) in [6.45, 7) is 1.89. The van der Waals surface area contributed by atoms with Crippen LogP contribution in [0.2, 0.25) is 0 Å². The van der Waals surface area contributed by atoms with Crippen LogP contribution in [-0.2, 0) is 0 Å². The Morgan fingerprint density at radius 2 is 1.67 bits per heavy atom. The van der Waals surface area contributed by atoms with E-state index in [0.717, 1.165) is 23.7 Å². The first-order valence-corrected chi connectivity index (χ1v) is 8.89. The number of rotatable bonds is 8. The predicted octanol–water partition coefficient (Wildman–Crippen LogP) is 3.59. The van der Waals surface area contributed by atoms with E-state index in [1.165, 1.54) is 50.6 Å². The van der Waals surface area contributed by atoms with Crippen LogP contribution in [0.3, 0.4) is 0 Å². The molecule has 1 aromatic carbocycles. The van der Waals surface area contributed by atoms with Crippen molar-refractivity contribution in [2.24, 2.45) is 23.5 Å². The molecule has 3 saturated carbocycles. The minimum atomic E-state index is 0.349. The van der Waals surface area contributed by atoms with Gasteiger partial charge in [0.25, 0.3) is 0 Å². The van der Waals surface area contributed by atoms with Gasteiger partial charge in [-0.2, -0.15) is 0 Å². The predicted molar refractivity (Wildman–Crippen MR) is 87.2 cm³/mol. The number of hydrogen-bond acceptors (Lipinski definition) is 2. The third-order valence-electron chi connectivity index (χ3n) is 5.68. The molecule has 1 atom stereocenters. The minimum Gasteiger partial charge on any atom is -0.329 e. The summed E-state index contributed by atoms with van der Waals surface area (Å²) in [5.41, 5.74) is 9.12. The second kappa shape index (κ2) is 5.73. The van der Waals surface area contributed by atoms with E-state index in [9.17, 15) is 0 Å². The molecule has 0 amide bonds. The van der Waals surface area contributed by atoms with Gasteiger partial charge in [-0.05, 0) is 79.9 Å². The monoisotopic (exact) mass is 284 g/mol. The lowest BCUT2D eigenvalue weighted by molar-refractivity contribution is 0.357. The normalized spacial score (nSPS) is 23.5. The fraction of sp³-hybridized carbons (Fsp3) is 0.684. The summed E-state index contributed by atoms with van der Waals surface area (Å²) in [5.74, 6) is 3.76. The summed E-state index contributed by atoms with van der Waals surface area (Å²) in [6.07, 6.45) is 8.59. The standard InChI is InChI=1S/C19H28N2/c20-11-19(17-4-2-1-3-16(17)13-5-6-13)21-12-18(14-7-8-14)15-9-10-15/h1-4,13-15,18-19,21H,5-12,20H2. The molecule has 0 saturated heterocycles. The average molecular weight is 284 g/mol. The maximum atomic E-state index is 6.10. The van der Waals surface area contributed by atoms with Gasteiger partial charge in [0.1, 0.15) is 0 Å². The molecule has 1 unspecified atom stereocenters. The van der Waals surface area contributed by atoms with Crippen molar-refractivity contribution in [3.05, 3.63) is 35.4 Å². The third-order valence-corrected chi connectivity index (χ3v) is 5.68. The zero-order chi connectivity index (χ0) is 14.2. The fourth-order valence-electron chi connectivity index (χ4n) is 3.96. The molecule has 0 bridgehead atoms. The Bertz CT molecular complexity index is 474. The summed E-state index contributed by atoms with van der Waals surface area (Å²) in [5, 5.41) is 3.83. The molecular weight excluding hydrogens is 256 g/mol. The number of benzene rings is 1. The van der Waals surface area contributed by atoms with Gasteiger partial charge >= 0.3 is 0 Å². The molecule has 114 valence electrons. The van der Waals surface area contributed by atoms with Gasteiger partial charge < -0.3 is 11.1 Å². The lowest BCUT2D eigenvalue weighted by atomic mass is 9.94. The van der Waals surface area contributed by atoms with E-state index in [2.05, 4.69) is 29.6 Å². The number of nitrogens with one attached hydrogen (secondary N) is 1. The highest BCUT2D eigenvalue weighted by Crippen LogP contribution is 2.49. The molecule has 2 heteroatoms. The van der Waals surface area contributed by atoms with Gasteiger partial charge in [-0.15, -0.1) is 0 Å². The summed E-state index contributed by atoms with van der Waals surface area (Å²) < 4.78 is 0. The van der Waals surface area contributed by atoms with Crippen molar-refractivity contribution in [2.45, 2.75) is 50.5 Å². The van der Waals surface area contributed by atoms with E-state index in [-0.39, 0.29) is 0 Å². The molecule has 21 heavy (non-hydrogen) atoms. The highest BCUT2D eigenvalue weighted by atomic mass is 14.9. The van der Waals surface area contributed by atoms with Crippen LogP contribution in [0.1, 0.15) is 61.6 Å². The van der Waals surface area contributed by atoms with E-state index >= 15 is 0 Å². The zero-order valence-electron chi connectivity index (χ0n) is 12.9. The Hall–Kier alpha value is -0.860. The maximum absolute atomic E-state index is 6.10. The molecule has 0 aliphatic heterocycles. The molecule has 4 rings (SSSR count). The first-order valence-electron chi connectivity index (χ1n) is 8.89. The molecular formula is C19H28N2. The van der Waals surface area contributed by atoms with Crippen molar-refractivity contribution in [1.29, 1.82) is 0 Å². The van der Waals surface area contributed by atoms with Crippen LogP contribution in [0.4, 0.5) is 0 Å². The Morgan fingerprint density at radius 3 is 2.24 bits per heavy atom. The first-order chi connectivity index (χ1) is 10.4. The van der Waals surface area contributed by atoms with Gasteiger partial charge in [-0.25, -0.2) is 0 Å². The smallest absolute Gasteiger partial charge is 0.0447 e. The van der Waals surface area contributed by atoms with Gasteiger partial charge in [-0.1, -0.05) is 24.3 Å². The van der Waals surface area contributed by atoms with Crippen molar-refractivity contribution >= 4 is 0 Å². The van der Waals surface area contributed by atoms with Gasteiger partial charge in [0, 0.05) is 12.6 Å². The van der Waals surface area contributed by atoms with E-state index in [4.69, 9.17) is 5.73 Å². The number of nitrogens with two attached hydrogens (primary N) is 1. The first kappa shape index (κ1) is 13.8. The van der Waals surface area contributed by atoms with Crippen LogP contribution in [0, 0.1) is 17.8 Å². The van der Waals surface area contributed by atoms with Crippen LogP contribution in [0.5, 0.6) is 0 Å².